The van der Waals surface area contributed by atoms with Crippen LogP contribution >= 0.6 is 0 Å². The zero-order chi connectivity index (χ0) is 15.5. The summed E-state index contributed by atoms with van der Waals surface area (Å²) in [7, 11) is 2.01. The van der Waals surface area contributed by atoms with Gasteiger partial charge in [0.1, 0.15) is 5.82 Å². The molecule has 5 nitrogen and oxygen atoms in total. The highest BCUT2D eigenvalue weighted by Gasteiger charge is 2.22. The quantitative estimate of drug-likeness (QED) is 0.942. The van der Waals surface area contributed by atoms with Crippen molar-refractivity contribution in [2.75, 3.05) is 13.1 Å². The second kappa shape index (κ2) is 6.32. The molecule has 1 aromatic heterocycles. The molecule has 0 spiro atoms. The van der Waals surface area contributed by atoms with E-state index in [1.165, 1.54) is 0 Å². The number of imidazole rings is 1. The highest BCUT2D eigenvalue weighted by molar-refractivity contribution is 5.87. The van der Waals surface area contributed by atoms with Crippen molar-refractivity contribution in [2.24, 2.45) is 7.05 Å². The van der Waals surface area contributed by atoms with Crippen LogP contribution in [0, 0.1) is 0 Å². The minimum atomic E-state index is -0.859. The fourth-order valence-corrected chi connectivity index (χ4v) is 3.15. The van der Waals surface area contributed by atoms with Gasteiger partial charge in [0.05, 0.1) is 12.1 Å². The van der Waals surface area contributed by atoms with Crippen LogP contribution in [0.25, 0.3) is 0 Å². The number of aromatic carboxylic acids is 1. The number of hydrogen-bond acceptors (Lipinski definition) is 3. The van der Waals surface area contributed by atoms with Gasteiger partial charge < -0.3 is 9.67 Å². The number of aromatic nitrogens is 2. The first-order valence-electron chi connectivity index (χ1n) is 7.65. The lowest BCUT2D eigenvalue weighted by Crippen LogP contribution is -2.34. The number of hydrogen-bond donors (Lipinski definition) is 1. The lowest BCUT2D eigenvalue weighted by Gasteiger charge is -2.32. The Labute approximate surface area is 130 Å². The molecule has 1 aliphatic rings. The molecule has 5 heteroatoms. The van der Waals surface area contributed by atoms with Crippen molar-refractivity contribution in [2.45, 2.75) is 25.3 Å². The Morgan fingerprint density at radius 2 is 2.32 bits per heavy atom. The summed E-state index contributed by atoms with van der Waals surface area (Å²) in [5.74, 6) is 0.607. The van der Waals surface area contributed by atoms with Crippen LogP contribution in [0.1, 0.15) is 40.5 Å². The highest BCUT2D eigenvalue weighted by Crippen LogP contribution is 2.28. The van der Waals surface area contributed by atoms with Gasteiger partial charge in [-0.15, -0.1) is 0 Å². The lowest BCUT2D eigenvalue weighted by molar-refractivity contribution is 0.0696. The molecule has 0 aliphatic carbocycles. The van der Waals surface area contributed by atoms with Crippen LogP contribution in [0.2, 0.25) is 0 Å². The van der Waals surface area contributed by atoms with E-state index in [9.17, 15) is 4.79 Å². The summed E-state index contributed by atoms with van der Waals surface area (Å²) in [5, 5.41) is 9.14. The number of carbonyl (C=O) groups is 1. The summed E-state index contributed by atoms with van der Waals surface area (Å²) in [6, 6.07) is 7.36. The maximum absolute atomic E-state index is 11.1. The van der Waals surface area contributed by atoms with Crippen molar-refractivity contribution < 1.29 is 9.90 Å². The zero-order valence-electron chi connectivity index (χ0n) is 12.8. The van der Waals surface area contributed by atoms with Crippen LogP contribution in [0.15, 0.2) is 36.7 Å². The molecule has 1 saturated heterocycles. The van der Waals surface area contributed by atoms with Gasteiger partial charge in [-0.2, -0.15) is 0 Å². The van der Waals surface area contributed by atoms with E-state index in [0.29, 0.717) is 11.5 Å². The number of carboxylic acid groups (broad SMARTS) is 1. The highest BCUT2D eigenvalue weighted by atomic mass is 16.4. The maximum Gasteiger partial charge on any atom is 0.335 e. The minimum Gasteiger partial charge on any atom is -0.478 e. The second-order valence-electron chi connectivity index (χ2n) is 5.96. The summed E-state index contributed by atoms with van der Waals surface area (Å²) in [6.07, 6.45) is 6.03. The Hall–Kier alpha value is -2.14. The largest absolute Gasteiger partial charge is 0.478 e. The number of nitrogens with zero attached hydrogens (tertiary/aromatic N) is 3. The van der Waals surface area contributed by atoms with E-state index in [1.54, 1.807) is 6.07 Å². The molecule has 22 heavy (non-hydrogen) atoms. The first-order chi connectivity index (χ1) is 10.6. The van der Waals surface area contributed by atoms with Crippen molar-refractivity contribution in [3.63, 3.8) is 0 Å². The van der Waals surface area contributed by atoms with Gasteiger partial charge in [0.2, 0.25) is 0 Å². The topological polar surface area (TPSA) is 58.4 Å². The van der Waals surface area contributed by atoms with Gasteiger partial charge in [-0.1, -0.05) is 12.1 Å². The summed E-state index contributed by atoms with van der Waals surface area (Å²) in [5.41, 5.74) is 1.50. The molecule has 0 bridgehead atoms. The van der Waals surface area contributed by atoms with Gasteiger partial charge in [0.25, 0.3) is 0 Å². The Balaban J connectivity index is 1.71. The molecule has 1 unspecified atom stereocenters. The molecule has 1 N–H and O–H groups in total. The molecule has 0 radical (unpaired) electrons. The maximum atomic E-state index is 11.1. The molecule has 1 fully saturated rings. The molecule has 2 aromatic rings. The van der Waals surface area contributed by atoms with E-state index in [1.807, 2.05) is 37.6 Å². The molecular weight excluding hydrogens is 278 g/mol. The molecular formula is C17H21N3O2. The lowest BCUT2D eigenvalue weighted by atomic mass is 9.89. The summed E-state index contributed by atoms with van der Waals surface area (Å²) in [6.45, 7) is 2.87. The number of aryl methyl sites for hydroxylation is 1. The zero-order valence-corrected chi connectivity index (χ0v) is 12.8. The van der Waals surface area contributed by atoms with E-state index in [4.69, 9.17) is 5.11 Å². The molecule has 0 saturated carbocycles. The monoisotopic (exact) mass is 299 g/mol. The van der Waals surface area contributed by atoms with Crippen LogP contribution in [0.5, 0.6) is 0 Å². The van der Waals surface area contributed by atoms with E-state index in [2.05, 4.69) is 14.5 Å². The molecule has 1 atom stereocenters. The Kier molecular flexibility index (Phi) is 4.24. The van der Waals surface area contributed by atoms with Gasteiger partial charge in [0, 0.05) is 26.0 Å². The van der Waals surface area contributed by atoms with Crippen LogP contribution in [-0.2, 0) is 13.6 Å². The van der Waals surface area contributed by atoms with Gasteiger partial charge in [-0.3, -0.25) is 4.90 Å². The van der Waals surface area contributed by atoms with E-state index in [-0.39, 0.29) is 0 Å². The minimum absolute atomic E-state index is 0.374. The standard InChI is InChI=1S/C17H21N3O2/c1-19-9-7-18-16(19)12-20-8-3-6-15(11-20)13-4-2-5-14(10-13)17(21)22/h2,4-5,7,9-10,15H,3,6,8,11-12H2,1H3,(H,21,22). The first-order valence-corrected chi connectivity index (χ1v) is 7.65. The van der Waals surface area contributed by atoms with E-state index < -0.39 is 5.97 Å². The van der Waals surface area contributed by atoms with Crippen molar-refractivity contribution in [3.05, 3.63) is 53.6 Å². The van der Waals surface area contributed by atoms with Gasteiger partial charge in [-0.25, -0.2) is 9.78 Å². The first kappa shape index (κ1) is 14.8. The third kappa shape index (κ3) is 3.20. The fraction of sp³-hybridized carbons (Fsp3) is 0.412. The Morgan fingerprint density at radius 1 is 1.45 bits per heavy atom. The third-order valence-corrected chi connectivity index (χ3v) is 4.40. The molecule has 0 amide bonds. The van der Waals surface area contributed by atoms with Crippen molar-refractivity contribution >= 4 is 5.97 Å². The summed E-state index contributed by atoms with van der Waals surface area (Å²) in [4.78, 5) is 17.9. The normalized spacial score (nSPS) is 19.2. The second-order valence-corrected chi connectivity index (χ2v) is 5.96. The summed E-state index contributed by atoms with van der Waals surface area (Å²) >= 11 is 0. The van der Waals surface area contributed by atoms with Crippen LogP contribution in [0.4, 0.5) is 0 Å². The molecule has 1 aromatic carbocycles. The number of benzene rings is 1. The molecule has 3 rings (SSSR count). The van der Waals surface area contributed by atoms with Crippen molar-refractivity contribution in [3.8, 4) is 0 Å². The predicted molar refractivity (Wildman–Crippen MR) is 83.9 cm³/mol. The average Bonchev–Trinajstić information content (AvgIpc) is 2.93. The number of carboxylic acids is 1. The molecule has 116 valence electrons. The summed E-state index contributed by atoms with van der Waals surface area (Å²) < 4.78 is 2.05. The van der Waals surface area contributed by atoms with E-state index >= 15 is 0 Å². The number of likely N-dealkylation sites (tertiary alicyclic amines) is 1. The smallest absolute Gasteiger partial charge is 0.335 e. The Bertz CT molecular complexity index is 665. The van der Waals surface area contributed by atoms with Gasteiger partial charge in [0.15, 0.2) is 0 Å². The molecule has 1 aliphatic heterocycles. The van der Waals surface area contributed by atoms with Crippen LogP contribution < -0.4 is 0 Å². The average molecular weight is 299 g/mol. The number of piperidine rings is 1. The van der Waals surface area contributed by atoms with Crippen LogP contribution in [0.3, 0.4) is 0 Å². The molecule has 2 heterocycles. The predicted octanol–water partition coefficient (Wildman–Crippen LogP) is 2.50. The fourth-order valence-electron chi connectivity index (χ4n) is 3.15. The Morgan fingerprint density at radius 3 is 3.05 bits per heavy atom. The van der Waals surface area contributed by atoms with Crippen molar-refractivity contribution in [1.29, 1.82) is 0 Å². The van der Waals surface area contributed by atoms with Gasteiger partial charge in [-0.05, 0) is 43.0 Å². The SMILES string of the molecule is Cn1ccnc1CN1CCCC(c2cccc(C(=O)O)c2)C1. The number of rotatable bonds is 4. The van der Waals surface area contributed by atoms with Crippen molar-refractivity contribution in [1.82, 2.24) is 14.5 Å². The van der Waals surface area contributed by atoms with E-state index in [0.717, 1.165) is 43.9 Å². The third-order valence-electron chi connectivity index (χ3n) is 4.40. The van der Waals surface area contributed by atoms with Gasteiger partial charge >= 0.3 is 5.97 Å². The van der Waals surface area contributed by atoms with Crippen LogP contribution in [-0.4, -0.2) is 38.6 Å².